The number of anilines is 1. The van der Waals surface area contributed by atoms with Gasteiger partial charge >= 0.3 is 0 Å². The zero-order valence-corrected chi connectivity index (χ0v) is 23.7. The third-order valence-electron chi connectivity index (χ3n) is 7.01. The minimum absolute atomic E-state index is 0.0682. The van der Waals surface area contributed by atoms with Crippen LogP contribution in [0, 0.1) is 0 Å². The Hall–Kier alpha value is -2.47. The largest absolute Gasteiger partial charge is 0.493 e. The number of hydrogen-bond acceptors (Lipinski definition) is 4. The second-order valence-electron chi connectivity index (χ2n) is 10.2. The summed E-state index contributed by atoms with van der Waals surface area (Å²) in [6.07, 6.45) is 4.07. The third kappa shape index (κ3) is 8.03. The fourth-order valence-corrected chi connectivity index (χ4v) is 3.92. The van der Waals surface area contributed by atoms with Crippen LogP contribution in [0.3, 0.4) is 0 Å². The molecule has 2 aromatic rings. The average Bonchev–Trinajstić information content (AvgIpc) is 2.85. The van der Waals surface area contributed by atoms with Crippen LogP contribution in [0.25, 0.3) is 0 Å². The Morgan fingerprint density at radius 1 is 0.829 bits per heavy atom. The van der Waals surface area contributed by atoms with Crippen LogP contribution in [-0.2, 0) is 10.8 Å². The molecule has 0 aliphatic rings. The highest BCUT2D eigenvalue weighted by molar-refractivity contribution is 7.80. The Bertz CT molecular complexity index is 972. The van der Waals surface area contributed by atoms with Crippen LogP contribution in [0.15, 0.2) is 36.4 Å². The fourth-order valence-electron chi connectivity index (χ4n) is 3.70. The summed E-state index contributed by atoms with van der Waals surface area (Å²) in [6, 6.07) is 12.4. The quantitative estimate of drug-likeness (QED) is 0.224. The van der Waals surface area contributed by atoms with Crippen molar-refractivity contribution in [2.75, 3.05) is 32.7 Å². The van der Waals surface area contributed by atoms with E-state index in [2.05, 4.69) is 70.4 Å². The summed E-state index contributed by atoms with van der Waals surface area (Å²) >= 11 is 5.43. The molecule has 0 atom stereocenters. The predicted molar refractivity (Wildman–Crippen MR) is 152 cm³/mol. The first-order valence-electron chi connectivity index (χ1n) is 12.6. The van der Waals surface area contributed by atoms with Crippen molar-refractivity contribution in [2.24, 2.45) is 0 Å². The van der Waals surface area contributed by atoms with Crippen molar-refractivity contribution in [2.45, 2.75) is 78.1 Å². The molecule has 0 bridgehead atoms. The number of thiocarbonyl (C=S) groups is 1. The van der Waals surface area contributed by atoms with Crippen LogP contribution in [0.2, 0.25) is 0 Å². The first-order chi connectivity index (χ1) is 16.6. The number of ether oxygens (including phenoxy) is 3. The van der Waals surface area contributed by atoms with E-state index in [0.717, 1.165) is 43.7 Å². The van der Waals surface area contributed by atoms with Gasteiger partial charge in [0.2, 0.25) is 0 Å². The number of benzene rings is 2. The molecule has 0 heterocycles. The van der Waals surface area contributed by atoms with Crippen LogP contribution in [0.5, 0.6) is 17.2 Å². The number of rotatable bonds is 13. The van der Waals surface area contributed by atoms with Crippen LogP contribution < -0.4 is 24.8 Å². The molecule has 5 nitrogen and oxygen atoms in total. The highest BCUT2D eigenvalue weighted by Crippen LogP contribution is 2.38. The molecule has 0 saturated heterocycles. The molecule has 0 aliphatic heterocycles. The fraction of sp³-hybridized carbons (Fsp3) is 0.552. The lowest BCUT2D eigenvalue weighted by Gasteiger charge is -2.30. The topological polar surface area (TPSA) is 51.8 Å². The van der Waals surface area contributed by atoms with Gasteiger partial charge in [0.05, 0.1) is 20.8 Å². The van der Waals surface area contributed by atoms with Crippen molar-refractivity contribution < 1.29 is 14.2 Å². The summed E-state index contributed by atoms with van der Waals surface area (Å²) in [6.45, 7) is 15.2. The molecule has 2 rings (SSSR count). The lowest BCUT2D eigenvalue weighted by Crippen LogP contribution is -2.29. The second-order valence-corrected chi connectivity index (χ2v) is 10.6. The number of nitrogens with one attached hydrogen (secondary N) is 2. The maximum absolute atomic E-state index is 6.27. The van der Waals surface area contributed by atoms with Crippen molar-refractivity contribution in [3.63, 3.8) is 0 Å². The van der Waals surface area contributed by atoms with Gasteiger partial charge in [0.25, 0.3) is 0 Å². The maximum Gasteiger partial charge on any atom is 0.170 e. The zero-order valence-electron chi connectivity index (χ0n) is 22.8. The van der Waals surface area contributed by atoms with Crippen LogP contribution in [-0.4, -0.2) is 32.5 Å². The molecule has 6 heteroatoms. The van der Waals surface area contributed by atoms with Gasteiger partial charge in [0, 0.05) is 23.9 Å². The van der Waals surface area contributed by atoms with Gasteiger partial charge in [-0.3, -0.25) is 0 Å². The molecule has 0 radical (unpaired) electrons. The standard InChI is InChI=1S/C29H44N2O3S/c1-9-28(3,4)21-13-15-24(23(19-21)29(5,6)10-2)34-18-12-11-17-30-27(35)31-22-14-16-25(32-7)26(20-22)33-8/h13-16,19-20H,9-12,17-18H2,1-8H3,(H2,30,31,35). The van der Waals surface area contributed by atoms with Crippen molar-refractivity contribution in [1.29, 1.82) is 0 Å². The number of hydrogen-bond donors (Lipinski definition) is 2. The maximum atomic E-state index is 6.27. The smallest absolute Gasteiger partial charge is 0.170 e. The molecule has 0 fully saturated rings. The normalized spacial score (nSPS) is 11.7. The molecule has 0 unspecified atom stereocenters. The van der Waals surface area contributed by atoms with Gasteiger partial charge in [-0.15, -0.1) is 0 Å². The molecule has 2 N–H and O–H groups in total. The number of methoxy groups -OCH3 is 2. The van der Waals surface area contributed by atoms with Crippen LogP contribution >= 0.6 is 12.2 Å². The van der Waals surface area contributed by atoms with Gasteiger partial charge in [0.1, 0.15) is 5.75 Å². The SMILES string of the molecule is CCC(C)(C)c1ccc(OCCCCNC(=S)Nc2ccc(OC)c(OC)c2)c(C(C)(C)CC)c1. The van der Waals surface area contributed by atoms with Gasteiger partial charge < -0.3 is 24.8 Å². The Balaban J connectivity index is 1.86. The first kappa shape index (κ1) is 28.8. The van der Waals surface area contributed by atoms with E-state index in [0.29, 0.717) is 23.2 Å². The molecule has 0 aliphatic carbocycles. The van der Waals surface area contributed by atoms with E-state index in [1.54, 1.807) is 14.2 Å². The lowest BCUT2D eigenvalue weighted by atomic mass is 9.76. The summed E-state index contributed by atoms with van der Waals surface area (Å²) in [7, 11) is 3.24. The first-order valence-corrected chi connectivity index (χ1v) is 13.0. The molecular weight excluding hydrogens is 456 g/mol. The van der Waals surface area contributed by atoms with E-state index in [9.17, 15) is 0 Å². The molecule has 0 amide bonds. The summed E-state index contributed by atoms with van der Waals surface area (Å²) in [4.78, 5) is 0. The Labute approximate surface area is 217 Å². The van der Waals surface area contributed by atoms with E-state index in [-0.39, 0.29) is 10.8 Å². The highest BCUT2D eigenvalue weighted by Gasteiger charge is 2.26. The van der Waals surface area contributed by atoms with Crippen molar-refractivity contribution in [3.8, 4) is 17.2 Å². The van der Waals surface area contributed by atoms with Crippen molar-refractivity contribution in [1.82, 2.24) is 5.32 Å². The second kappa shape index (κ2) is 13.0. The summed E-state index contributed by atoms with van der Waals surface area (Å²) in [5.41, 5.74) is 3.76. The minimum Gasteiger partial charge on any atom is -0.493 e. The monoisotopic (exact) mass is 500 g/mol. The summed E-state index contributed by atoms with van der Waals surface area (Å²) in [5, 5.41) is 7.04. The van der Waals surface area contributed by atoms with Gasteiger partial charge in [-0.25, -0.2) is 0 Å². The zero-order chi connectivity index (χ0) is 26.1. The predicted octanol–water partition coefficient (Wildman–Crippen LogP) is 7.22. The van der Waals surface area contributed by atoms with Gasteiger partial charge in [0.15, 0.2) is 16.6 Å². The molecule has 35 heavy (non-hydrogen) atoms. The summed E-state index contributed by atoms with van der Waals surface area (Å²) in [5.74, 6) is 2.35. The lowest BCUT2D eigenvalue weighted by molar-refractivity contribution is 0.296. The number of unbranched alkanes of at least 4 members (excludes halogenated alkanes) is 1. The van der Waals surface area contributed by atoms with E-state index in [1.165, 1.54) is 11.1 Å². The van der Waals surface area contributed by atoms with E-state index >= 15 is 0 Å². The Morgan fingerprint density at radius 3 is 2.11 bits per heavy atom. The van der Waals surface area contributed by atoms with Gasteiger partial charge in [-0.2, -0.15) is 0 Å². The third-order valence-corrected chi connectivity index (χ3v) is 7.26. The highest BCUT2D eigenvalue weighted by atomic mass is 32.1. The van der Waals surface area contributed by atoms with Crippen LogP contribution in [0.1, 0.15) is 78.4 Å². The van der Waals surface area contributed by atoms with Crippen molar-refractivity contribution in [3.05, 3.63) is 47.5 Å². The molecule has 2 aromatic carbocycles. The molecular formula is C29H44N2O3S. The van der Waals surface area contributed by atoms with Gasteiger partial charge in [-0.1, -0.05) is 53.7 Å². The van der Waals surface area contributed by atoms with Crippen LogP contribution in [0.4, 0.5) is 5.69 Å². The van der Waals surface area contributed by atoms with Gasteiger partial charge in [-0.05, 0) is 72.5 Å². The Morgan fingerprint density at radius 2 is 1.49 bits per heavy atom. The summed E-state index contributed by atoms with van der Waals surface area (Å²) < 4.78 is 16.9. The molecule has 0 aromatic heterocycles. The van der Waals surface area contributed by atoms with E-state index < -0.39 is 0 Å². The van der Waals surface area contributed by atoms with E-state index in [1.807, 2.05) is 18.2 Å². The Kier molecular flexibility index (Phi) is 10.7. The minimum atomic E-state index is 0.0682. The molecule has 194 valence electrons. The van der Waals surface area contributed by atoms with Crippen molar-refractivity contribution >= 4 is 23.0 Å². The van der Waals surface area contributed by atoms with E-state index in [4.69, 9.17) is 26.4 Å². The molecule has 0 spiro atoms. The average molecular weight is 501 g/mol. The molecule has 0 saturated carbocycles.